The van der Waals surface area contributed by atoms with Gasteiger partial charge in [0.15, 0.2) is 0 Å². The summed E-state index contributed by atoms with van der Waals surface area (Å²) in [4.78, 5) is 11.6. The molecule has 96 valence electrons. The van der Waals surface area contributed by atoms with Crippen LogP contribution in [0.4, 0.5) is 0 Å². The predicted molar refractivity (Wildman–Crippen MR) is 77.7 cm³/mol. The number of benzene rings is 1. The number of thioether (sulfide) groups is 1. The topological polar surface area (TPSA) is 41.5 Å². The zero-order valence-electron chi connectivity index (χ0n) is 9.74. The first-order valence-electron chi connectivity index (χ1n) is 5.55. The Balaban J connectivity index is 2.23. The van der Waals surface area contributed by atoms with Gasteiger partial charge in [-0.3, -0.25) is 4.79 Å². The molecular weight excluding hydrogens is 291 g/mol. The van der Waals surface area contributed by atoms with Crippen molar-refractivity contribution in [1.82, 2.24) is 5.43 Å². The highest BCUT2D eigenvalue weighted by atomic mass is 35.5. The Hall–Kier alpha value is -0.710. The Kier molecular flexibility index (Phi) is 4.54. The number of nitrogens with one attached hydrogen (secondary N) is 1. The molecule has 0 spiro atoms. The molecule has 1 aliphatic rings. The van der Waals surface area contributed by atoms with Gasteiger partial charge in [-0.2, -0.15) is 5.10 Å². The summed E-state index contributed by atoms with van der Waals surface area (Å²) in [5.41, 5.74) is 4.28. The summed E-state index contributed by atoms with van der Waals surface area (Å²) in [5, 5.41) is 5.01. The van der Waals surface area contributed by atoms with E-state index in [-0.39, 0.29) is 11.2 Å². The molecule has 1 N–H and O–H groups in total. The van der Waals surface area contributed by atoms with E-state index in [1.54, 1.807) is 23.9 Å². The number of carbonyl (C=O) groups is 1. The highest BCUT2D eigenvalue weighted by Gasteiger charge is 2.25. The molecule has 0 saturated heterocycles. The number of hydrogen-bond donors (Lipinski definition) is 1. The number of halogens is 2. The van der Waals surface area contributed by atoms with Crippen LogP contribution in [0.3, 0.4) is 0 Å². The maximum Gasteiger partial charge on any atom is 0.253 e. The second kappa shape index (κ2) is 5.95. The van der Waals surface area contributed by atoms with Gasteiger partial charge >= 0.3 is 0 Å². The largest absolute Gasteiger partial charge is 0.272 e. The normalized spacial score (nSPS) is 19.4. The number of amides is 1. The van der Waals surface area contributed by atoms with E-state index in [1.807, 2.05) is 13.0 Å². The van der Waals surface area contributed by atoms with Gasteiger partial charge in [0.1, 0.15) is 0 Å². The fraction of sp³-hybridized carbons (Fsp3) is 0.333. The molecule has 1 aromatic carbocycles. The van der Waals surface area contributed by atoms with Crippen molar-refractivity contribution in [2.75, 3.05) is 5.75 Å². The molecule has 1 atom stereocenters. The lowest BCUT2D eigenvalue weighted by Gasteiger charge is -2.20. The third-order valence-electron chi connectivity index (χ3n) is 2.59. The zero-order chi connectivity index (χ0) is 13.1. The van der Waals surface area contributed by atoms with Gasteiger partial charge in [0, 0.05) is 6.42 Å². The van der Waals surface area contributed by atoms with E-state index in [4.69, 9.17) is 23.2 Å². The van der Waals surface area contributed by atoms with Crippen molar-refractivity contribution < 1.29 is 4.79 Å². The minimum absolute atomic E-state index is 0.0364. The number of rotatable bonds is 3. The molecule has 0 aliphatic carbocycles. The molecule has 0 bridgehead atoms. The third kappa shape index (κ3) is 2.99. The van der Waals surface area contributed by atoms with Crippen molar-refractivity contribution in [3.8, 4) is 0 Å². The van der Waals surface area contributed by atoms with Crippen molar-refractivity contribution in [3.63, 3.8) is 0 Å². The molecular formula is C12H12Cl2N2OS. The monoisotopic (exact) mass is 302 g/mol. The van der Waals surface area contributed by atoms with Crippen molar-refractivity contribution >= 4 is 46.6 Å². The van der Waals surface area contributed by atoms with E-state index in [0.29, 0.717) is 16.5 Å². The lowest BCUT2D eigenvalue weighted by atomic mass is 10.0. The summed E-state index contributed by atoms with van der Waals surface area (Å²) in [6.45, 7) is 2.03. The molecule has 1 aromatic rings. The number of hydrogen-bond acceptors (Lipinski definition) is 3. The Bertz CT molecular complexity index is 505. The van der Waals surface area contributed by atoms with E-state index in [9.17, 15) is 4.79 Å². The molecule has 6 heteroatoms. The summed E-state index contributed by atoms with van der Waals surface area (Å²) in [7, 11) is 0. The van der Waals surface area contributed by atoms with Gasteiger partial charge in [-0.15, -0.1) is 11.8 Å². The summed E-state index contributed by atoms with van der Waals surface area (Å²) in [5.74, 6) is 0.859. The minimum atomic E-state index is -0.0862. The maximum absolute atomic E-state index is 11.6. The van der Waals surface area contributed by atoms with Crippen LogP contribution >= 0.6 is 35.0 Å². The fourth-order valence-electron chi connectivity index (χ4n) is 1.70. The molecule has 0 fully saturated rings. The molecule has 0 aromatic heterocycles. The van der Waals surface area contributed by atoms with Crippen LogP contribution in [0.1, 0.15) is 18.9 Å². The van der Waals surface area contributed by atoms with E-state index >= 15 is 0 Å². The molecule has 2 rings (SSSR count). The minimum Gasteiger partial charge on any atom is -0.272 e. The van der Waals surface area contributed by atoms with Crippen LogP contribution in [0.5, 0.6) is 0 Å². The second-order valence-corrected chi connectivity index (χ2v) is 6.11. The predicted octanol–water partition coefficient (Wildman–Crippen LogP) is 3.34. The Labute approximate surface area is 120 Å². The lowest BCUT2D eigenvalue weighted by Crippen LogP contribution is -2.37. The van der Waals surface area contributed by atoms with Crippen molar-refractivity contribution in [2.45, 2.75) is 18.6 Å². The Morgan fingerprint density at radius 1 is 1.44 bits per heavy atom. The molecule has 0 saturated carbocycles. The fourth-order valence-corrected chi connectivity index (χ4v) is 2.88. The van der Waals surface area contributed by atoms with Gasteiger partial charge in [0.25, 0.3) is 5.91 Å². The number of hydrazone groups is 1. The standard InChI is InChI=1S/C12H12Cl2N2OS/c1-2-18-11-6-10(15-16-12(11)17)7-3-4-8(13)9(14)5-7/h3-5,11H,2,6H2,1H3,(H,16,17). The number of carbonyl (C=O) groups excluding carboxylic acids is 1. The van der Waals surface area contributed by atoms with Gasteiger partial charge < -0.3 is 0 Å². The highest BCUT2D eigenvalue weighted by molar-refractivity contribution is 8.00. The van der Waals surface area contributed by atoms with E-state index < -0.39 is 0 Å². The summed E-state index contributed by atoms with van der Waals surface area (Å²) in [6.07, 6.45) is 0.613. The highest BCUT2D eigenvalue weighted by Crippen LogP contribution is 2.26. The number of nitrogens with zero attached hydrogens (tertiary/aromatic N) is 1. The molecule has 0 radical (unpaired) electrons. The third-order valence-corrected chi connectivity index (χ3v) is 4.45. The van der Waals surface area contributed by atoms with Crippen molar-refractivity contribution in [3.05, 3.63) is 33.8 Å². The van der Waals surface area contributed by atoms with E-state index in [1.165, 1.54) is 0 Å². The van der Waals surface area contributed by atoms with Gasteiger partial charge in [0.2, 0.25) is 0 Å². The summed E-state index contributed by atoms with van der Waals surface area (Å²) in [6, 6.07) is 5.37. The second-order valence-electron chi connectivity index (χ2n) is 3.81. The zero-order valence-corrected chi connectivity index (χ0v) is 12.1. The maximum atomic E-state index is 11.6. The van der Waals surface area contributed by atoms with Gasteiger partial charge in [-0.1, -0.05) is 36.2 Å². The molecule has 1 unspecified atom stereocenters. The summed E-state index contributed by atoms with van der Waals surface area (Å²) >= 11 is 13.5. The Morgan fingerprint density at radius 3 is 2.89 bits per heavy atom. The van der Waals surface area contributed by atoms with Crippen LogP contribution in [-0.4, -0.2) is 22.6 Å². The van der Waals surface area contributed by atoms with E-state index in [2.05, 4.69) is 10.5 Å². The van der Waals surface area contributed by atoms with Crippen molar-refractivity contribution in [1.29, 1.82) is 0 Å². The summed E-state index contributed by atoms with van der Waals surface area (Å²) < 4.78 is 0. The van der Waals surface area contributed by atoms with Crippen LogP contribution in [0.25, 0.3) is 0 Å². The smallest absolute Gasteiger partial charge is 0.253 e. The van der Waals surface area contributed by atoms with E-state index in [0.717, 1.165) is 17.0 Å². The van der Waals surface area contributed by atoms with Crippen LogP contribution in [0.2, 0.25) is 10.0 Å². The molecule has 3 nitrogen and oxygen atoms in total. The molecule has 1 amide bonds. The van der Waals surface area contributed by atoms with Gasteiger partial charge in [-0.25, -0.2) is 5.43 Å². The van der Waals surface area contributed by atoms with Crippen LogP contribution in [0.15, 0.2) is 23.3 Å². The quantitative estimate of drug-likeness (QED) is 0.930. The lowest BCUT2D eigenvalue weighted by molar-refractivity contribution is -0.120. The average molecular weight is 303 g/mol. The first-order valence-corrected chi connectivity index (χ1v) is 7.35. The Morgan fingerprint density at radius 2 is 2.22 bits per heavy atom. The van der Waals surface area contributed by atoms with Crippen LogP contribution < -0.4 is 5.43 Å². The molecule has 18 heavy (non-hydrogen) atoms. The average Bonchev–Trinajstić information content (AvgIpc) is 2.36. The first kappa shape index (κ1) is 13.7. The molecule has 1 heterocycles. The van der Waals surface area contributed by atoms with Crippen molar-refractivity contribution in [2.24, 2.45) is 5.10 Å². The SMILES string of the molecule is CCSC1CC(c2ccc(Cl)c(Cl)c2)=NNC1=O. The van der Waals surface area contributed by atoms with Crippen LogP contribution in [-0.2, 0) is 4.79 Å². The first-order chi connectivity index (χ1) is 8.61. The van der Waals surface area contributed by atoms with Gasteiger partial charge in [0.05, 0.1) is 21.0 Å². The molecule has 1 aliphatic heterocycles. The van der Waals surface area contributed by atoms with Gasteiger partial charge in [-0.05, 0) is 23.4 Å². The van der Waals surface area contributed by atoms with Crippen LogP contribution in [0, 0.1) is 0 Å².